The summed E-state index contributed by atoms with van der Waals surface area (Å²) >= 11 is 6.35. The van der Waals surface area contributed by atoms with E-state index in [4.69, 9.17) is 16.3 Å². The first-order valence-electron chi connectivity index (χ1n) is 11.3. The molecule has 0 aromatic heterocycles. The molecule has 7 nitrogen and oxygen atoms in total. The van der Waals surface area contributed by atoms with Gasteiger partial charge in [0.2, 0.25) is 0 Å². The highest BCUT2D eigenvalue weighted by molar-refractivity contribution is 6.33. The van der Waals surface area contributed by atoms with Crippen molar-refractivity contribution in [2.24, 2.45) is 0 Å². The van der Waals surface area contributed by atoms with Crippen LogP contribution in [0.15, 0.2) is 42.5 Å². The Morgan fingerprint density at radius 2 is 1.94 bits per heavy atom. The molecule has 0 aliphatic carbocycles. The highest BCUT2D eigenvalue weighted by Crippen LogP contribution is 2.27. The molecular weight excluding hydrogens is 440 g/mol. The molecule has 0 saturated carbocycles. The molecule has 2 N–H and O–H groups in total. The van der Waals surface area contributed by atoms with Gasteiger partial charge in [-0.05, 0) is 62.6 Å². The van der Waals surface area contributed by atoms with Crippen molar-refractivity contribution in [1.29, 1.82) is 0 Å². The van der Waals surface area contributed by atoms with E-state index < -0.39 is 0 Å². The fourth-order valence-corrected chi connectivity index (χ4v) is 4.14. The topological polar surface area (TPSA) is 73.9 Å². The number of ether oxygens (including phenoxy) is 1. The molecule has 178 valence electrons. The van der Waals surface area contributed by atoms with Crippen LogP contribution >= 0.6 is 11.6 Å². The number of carbonyl (C=O) groups is 2. The van der Waals surface area contributed by atoms with Gasteiger partial charge in [0.25, 0.3) is 5.91 Å². The molecule has 1 aliphatic rings. The van der Waals surface area contributed by atoms with Crippen molar-refractivity contribution < 1.29 is 14.3 Å². The van der Waals surface area contributed by atoms with Gasteiger partial charge in [0.05, 0.1) is 16.7 Å². The van der Waals surface area contributed by atoms with Crippen molar-refractivity contribution in [3.05, 3.63) is 58.6 Å². The lowest BCUT2D eigenvalue weighted by Crippen LogP contribution is -2.37. The molecule has 2 aromatic rings. The highest BCUT2D eigenvalue weighted by atomic mass is 35.5. The predicted molar refractivity (Wildman–Crippen MR) is 133 cm³/mol. The molecule has 8 heteroatoms. The van der Waals surface area contributed by atoms with Gasteiger partial charge in [-0.3, -0.25) is 4.79 Å². The number of hydrogen-bond acceptors (Lipinski definition) is 4. The number of halogens is 1. The van der Waals surface area contributed by atoms with E-state index in [0.717, 1.165) is 24.1 Å². The third-order valence-electron chi connectivity index (χ3n) is 5.44. The number of nitrogens with zero attached hydrogens (tertiary/aromatic N) is 2. The minimum atomic E-state index is -0.267. The number of rotatable bonds is 8. The molecule has 2 aromatic carbocycles. The monoisotopic (exact) mass is 472 g/mol. The first-order chi connectivity index (χ1) is 15.7. The summed E-state index contributed by atoms with van der Waals surface area (Å²) in [6, 6.07) is 12.6. The fourth-order valence-electron chi connectivity index (χ4n) is 3.92. The van der Waals surface area contributed by atoms with Gasteiger partial charge in [-0.2, -0.15) is 0 Å². The number of anilines is 2. The number of urea groups is 1. The summed E-state index contributed by atoms with van der Waals surface area (Å²) in [4.78, 5) is 29.5. The Morgan fingerprint density at radius 1 is 1.18 bits per heavy atom. The lowest BCUT2D eigenvalue weighted by molar-refractivity contribution is 0.0507. The number of amides is 3. The van der Waals surface area contributed by atoms with Gasteiger partial charge < -0.3 is 25.2 Å². The smallest absolute Gasteiger partial charge is 0.319 e. The third-order valence-corrected chi connectivity index (χ3v) is 5.77. The minimum absolute atomic E-state index is 0.00243. The second-order valence-corrected chi connectivity index (χ2v) is 9.20. The summed E-state index contributed by atoms with van der Waals surface area (Å²) in [5.41, 5.74) is 3.01. The van der Waals surface area contributed by atoms with Crippen LogP contribution in [0, 0.1) is 0 Å². The van der Waals surface area contributed by atoms with Crippen molar-refractivity contribution in [1.82, 2.24) is 10.2 Å². The molecule has 0 bridgehead atoms. The molecule has 0 unspecified atom stereocenters. The number of nitrogens with one attached hydrogen (secondary N) is 2. The quantitative estimate of drug-likeness (QED) is 0.581. The van der Waals surface area contributed by atoms with Crippen molar-refractivity contribution in [2.45, 2.75) is 45.4 Å². The van der Waals surface area contributed by atoms with Gasteiger partial charge >= 0.3 is 6.03 Å². The van der Waals surface area contributed by atoms with Gasteiger partial charge in [0.1, 0.15) is 0 Å². The van der Waals surface area contributed by atoms with E-state index in [-0.39, 0.29) is 24.1 Å². The maximum atomic E-state index is 13.5. The average Bonchev–Trinajstić information content (AvgIpc) is 3.25. The number of carbonyl (C=O) groups excluding carboxylic acids is 2. The minimum Gasteiger partial charge on any atom is -0.377 e. The molecule has 1 fully saturated rings. The summed E-state index contributed by atoms with van der Waals surface area (Å²) in [5, 5.41) is 6.13. The van der Waals surface area contributed by atoms with E-state index in [0.29, 0.717) is 36.0 Å². The largest absolute Gasteiger partial charge is 0.377 e. The Labute approximate surface area is 201 Å². The normalized spacial score (nSPS) is 15.4. The SMILES string of the molecule is CC(C)NC(=O)Nc1ccc(N(C)C)c(CN(C[C@@H]2CCCO2)C(=O)c2ccccc2Cl)c1. The van der Waals surface area contributed by atoms with Crippen LogP contribution in [-0.4, -0.2) is 56.2 Å². The van der Waals surface area contributed by atoms with Gasteiger partial charge in [-0.15, -0.1) is 0 Å². The Balaban J connectivity index is 1.90. The molecule has 1 heterocycles. The second kappa shape index (κ2) is 11.4. The van der Waals surface area contributed by atoms with Crippen LogP contribution in [0.2, 0.25) is 5.02 Å². The first-order valence-corrected chi connectivity index (χ1v) is 11.7. The fraction of sp³-hybridized carbons (Fsp3) is 0.440. The maximum Gasteiger partial charge on any atom is 0.319 e. The maximum absolute atomic E-state index is 13.5. The lowest BCUT2D eigenvalue weighted by atomic mass is 10.1. The van der Waals surface area contributed by atoms with E-state index in [1.54, 1.807) is 17.0 Å². The standard InChI is InChI=1S/C25H33ClN4O3/c1-17(2)27-25(32)28-19-11-12-23(29(3)4)18(14-19)15-30(16-20-8-7-13-33-20)24(31)21-9-5-6-10-22(21)26/h5-6,9-12,14,17,20H,7-8,13,15-16H2,1-4H3,(H2,27,28,32)/t20-/m0/s1. The Hall–Kier alpha value is -2.77. The second-order valence-electron chi connectivity index (χ2n) is 8.79. The third kappa shape index (κ3) is 6.85. The molecule has 33 heavy (non-hydrogen) atoms. The average molecular weight is 473 g/mol. The van der Waals surface area contributed by atoms with Gasteiger partial charge in [-0.1, -0.05) is 23.7 Å². The van der Waals surface area contributed by atoms with Crippen LogP contribution in [0.3, 0.4) is 0 Å². The molecule has 0 spiro atoms. The Morgan fingerprint density at radius 3 is 2.58 bits per heavy atom. The van der Waals surface area contributed by atoms with Gasteiger partial charge in [-0.25, -0.2) is 4.79 Å². The van der Waals surface area contributed by atoms with E-state index >= 15 is 0 Å². The molecule has 0 radical (unpaired) electrons. The van der Waals surface area contributed by atoms with Crippen molar-refractivity contribution in [3.8, 4) is 0 Å². The van der Waals surface area contributed by atoms with Crippen LogP contribution < -0.4 is 15.5 Å². The van der Waals surface area contributed by atoms with E-state index in [1.807, 2.05) is 63.2 Å². The van der Waals surface area contributed by atoms with Crippen molar-refractivity contribution in [2.75, 3.05) is 37.5 Å². The Bertz CT molecular complexity index is 974. The van der Waals surface area contributed by atoms with Crippen LogP contribution in [0.25, 0.3) is 0 Å². The predicted octanol–water partition coefficient (Wildman–Crippen LogP) is 4.76. The zero-order chi connectivity index (χ0) is 24.0. The zero-order valence-corrected chi connectivity index (χ0v) is 20.5. The molecular formula is C25H33ClN4O3. The molecule has 3 amide bonds. The summed E-state index contributed by atoms with van der Waals surface area (Å²) in [7, 11) is 3.91. The van der Waals surface area contributed by atoms with Crippen LogP contribution in [0.5, 0.6) is 0 Å². The van der Waals surface area contributed by atoms with Crippen molar-refractivity contribution >= 4 is 34.9 Å². The van der Waals surface area contributed by atoms with Crippen molar-refractivity contribution in [3.63, 3.8) is 0 Å². The van der Waals surface area contributed by atoms with Crippen LogP contribution in [0.4, 0.5) is 16.2 Å². The van der Waals surface area contributed by atoms with Gasteiger partial charge in [0, 0.05) is 51.2 Å². The molecule has 3 rings (SSSR count). The summed E-state index contributed by atoms with van der Waals surface area (Å²) in [6.45, 7) is 5.36. The summed E-state index contributed by atoms with van der Waals surface area (Å²) in [6.07, 6.45) is 1.91. The number of benzene rings is 2. The van der Waals surface area contributed by atoms with E-state index in [2.05, 4.69) is 10.6 Å². The Kier molecular flexibility index (Phi) is 8.58. The van der Waals surface area contributed by atoms with E-state index in [1.165, 1.54) is 0 Å². The summed E-state index contributed by atoms with van der Waals surface area (Å²) in [5.74, 6) is -0.142. The first kappa shape index (κ1) is 24.9. The van der Waals surface area contributed by atoms with Gasteiger partial charge in [0.15, 0.2) is 0 Å². The van der Waals surface area contributed by atoms with Crippen LogP contribution in [0.1, 0.15) is 42.6 Å². The molecule has 1 saturated heterocycles. The highest BCUT2D eigenvalue weighted by Gasteiger charge is 2.26. The molecule has 1 aliphatic heterocycles. The number of hydrogen-bond donors (Lipinski definition) is 2. The van der Waals surface area contributed by atoms with E-state index in [9.17, 15) is 9.59 Å². The zero-order valence-electron chi connectivity index (χ0n) is 19.7. The summed E-state index contributed by atoms with van der Waals surface area (Å²) < 4.78 is 5.83. The lowest BCUT2D eigenvalue weighted by Gasteiger charge is -2.28. The van der Waals surface area contributed by atoms with Crippen LogP contribution in [-0.2, 0) is 11.3 Å². The molecule has 1 atom stereocenters.